The summed E-state index contributed by atoms with van der Waals surface area (Å²) in [4.78, 5) is 15.3. The van der Waals surface area contributed by atoms with Gasteiger partial charge in [-0.1, -0.05) is 12.1 Å². The largest absolute Gasteiger partial charge is 0.478 e. The van der Waals surface area contributed by atoms with E-state index in [0.29, 0.717) is 11.5 Å². The molecule has 2 aromatic heterocycles. The number of carboxylic acid groups (broad SMARTS) is 1. The predicted octanol–water partition coefficient (Wildman–Crippen LogP) is 2.78. The molecule has 7 heteroatoms. The normalized spacial score (nSPS) is 20.2. The van der Waals surface area contributed by atoms with Gasteiger partial charge in [0.1, 0.15) is 6.10 Å². The molecule has 0 radical (unpaired) electrons. The number of benzene rings is 1. The first-order valence-corrected chi connectivity index (χ1v) is 8.63. The molecule has 2 heterocycles. The molecular formula is C19H19N3O4. The molecule has 1 aliphatic rings. The highest BCUT2D eigenvalue weighted by Gasteiger charge is 2.21. The van der Waals surface area contributed by atoms with Gasteiger partial charge < -0.3 is 14.9 Å². The summed E-state index contributed by atoms with van der Waals surface area (Å²) in [7, 11) is 0. The van der Waals surface area contributed by atoms with Crippen molar-refractivity contribution in [3.05, 3.63) is 48.2 Å². The summed E-state index contributed by atoms with van der Waals surface area (Å²) < 4.78 is 7.67. The molecule has 0 unspecified atom stereocenters. The molecule has 0 atom stereocenters. The van der Waals surface area contributed by atoms with Crippen molar-refractivity contribution in [1.29, 1.82) is 0 Å². The van der Waals surface area contributed by atoms with Crippen LogP contribution in [-0.4, -0.2) is 43.0 Å². The SMILES string of the molecule is O=C(O)c1ccc(-c2cnc3ccc(O[C@H]4CC[C@H](O)CC4)nn23)cc1. The van der Waals surface area contributed by atoms with Crippen LogP contribution in [0.25, 0.3) is 16.9 Å². The van der Waals surface area contributed by atoms with Gasteiger partial charge in [-0.2, -0.15) is 0 Å². The van der Waals surface area contributed by atoms with Gasteiger partial charge >= 0.3 is 5.97 Å². The Morgan fingerprint density at radius 3 is 2.50 bits per heavy atom. The second-order valence-electron chi connectivity index (χ2n) is 6.52. The summed E-state index contributed by atoms with van der Waals surface area (Å²) >= 11 is 0. The number of fused-ring (bicyclic) bond motifs is 1. The molecule has 4 rings (SSSR count). The molecule has 1 saturated carbocycles. The molecule has 26 heavy (non-hydrogen) atoms. The number of imidazole rings is 1. The molecule has 134 valence electrons. The Morgan fingerprint density at radius 1 is 1.08 bits per heavy atom. The molecule has 0 bridgehead atoms. The third-order valence-electron chi connectivity index (χ3n) is 4.70. The van der Waals surface area contributed by atoms with Crippen LogP contribution in [0.1, 0.15) is 36.0 Å². The predicted molar refractivity (Wildman–Crippen MR) is 94.3 cm³/mol. The Hall–Kier alpha value is -2.93. The Balaban J connectivity index is 1.61. The number of carbonyl (C=O) groups is 1. The second kappa shape index (κ2) is 6.76. The van der Waals surface area contributed by atoms with Crippen LogP contribution >= 0.6 is 0 Å². The molecular weight excluding hydrogens is 334 g/mol. The van der Waals surface area contributed by atoms with Crippen molar-refractivity contribution in [3.63, 3.8) is 0 Å². The highest BCUT2D eigenvalue weighted by molar-refractivity contribution is 5.88. The van der Waals surface area contributed by atoms with Gasteiger partial charge in [0.2, 0.25) is 5.88 Å². The summed E-state index contributed by atoms with van der Waals surface area (Å²) in [5.41, 5.74) is 2.52. The van der Waals surface area contributed by atoms with E-state index in [2.05, 4.69) is 10.1 Å². The van der Waals surface area contributed by atoms with E-state index in [4.69, 9.17) is 9.84 Å². The average molecular weight is 353 g/mol. The molecule has 1 fully saturated rings. The maximum atomic E-state index is 11.0. The molecule has 7 nitrogen and oxygen atoms in total. The monoisotopic (exact) mass is 353 g/mol. The quantitative estimate of drug-likeness (QED) is 0.749. The van der Waals surface area contributed by atoms with Crippen LogP contribution in [0.5, 0.6) is 5.88 Å². The Labute approximate surface area is 149 Å². The zero-order chi connectivity index (χ0) is 18.1. The number of hydrogen-bond donors (Lipinski definition) is 2. The van der Waals surface area contributed by atoms with Gasteiger partial charge in [0, 0.05) is 11.6 Å². The minimum atomic E-state index is -0.957. The van der Waals surface area contributed by atoms with Gasteiger partial charge in [-0.25, -0.2) is 14.3 Å². The van der Waals surface area contributed by atoms with Crippen molar-refractivity contribution in [2.24, 2.45) is 0 Å². The third kappa shape index (κ3) is 3.25. The molecule has 1 aromatic carbocycles. The Kier molecular flexibility index (Phi) is 4.30. The summed E-state index contributed by atoms with van der Waals surface area (Å²) in [6, 6.07) is 10.2. The van der Waals surface area contributed by atoms with Gasteiger partial charge in [-0.3, -0.25) is 0 Å². The van der Waals surface area contributed by atoms with Crippen molar-refractivity contribution in [2.45, 2.75) is 37.9 Å². The number of hydrogen-bond acceptors (Lipinski definition) is 5. The number of ether oxygens (including phenoxy) is 1. The lowest BCUT2D eigenvalue weighted by Gasteiger charge is -2.25. The maximum Gasteiger partial charge on any atom is 0.335 e. The summed E-state index contributed by atoms with van der Waals surface area (Å²) in [6.45, 7) is 0. The van der Waals surface area contributed by atoms with Crippen molar-refractivity contribution in [2.75, 3.05) is 0 Å². The minimum Gasteiger partial charge on any atom is -0.478 e. The number of aromatic carboxylic acids is 1. The van der Waals surface area contributed by atoms with Gasteiger partial charge in [0.15, 0.2) is 5.65 Å². The van der Waals surface area contributed by atoms with E-state index in [9.17, 15) is 9.90 Å². The van der Waals surface area contributed by atoms with E-state index in [1.165, 1.54) is 0 Å². The van der Waals surface area contributed by atoms with Crippen molar-refractivity contribution in [3.8, 4) is 17.1 Å². The van der Waals surface area contributed by atoms with Crippen LogP contribution in [-0.2, 0) is 0 Å². The zero-order valence-electron chi connectivity index (χ0n) is 14.1. The van der Waals surface area contributed by atoms with Crippen LogP contribution in [0.3, 0.4) is 0 Å². The van der Waals surface area contributed by atoms with Gasteiger partial charge in [-0.05, 0) is 43.9 Å². The van der Waals surface area contributed by atoms with Crippen LogP contribution in [0, 0.1) is 0 Å². The Morgan fingerprint density at radius 2 is 1.81 bits per heavy atom. The summed E-state index contributed by atoms with van der Waals surface area (Å²) in [5.74, 6) is -0.443. The van der Waals surface area contributed by atoms with Crippen LogP contribution in [0.15, 0.2) is 42.6 Å². The van der Waals surface area contributed by atoms with E-state index < -0.39 is 5.97 Å². The number of aliphatic hydroxyl groups excluding tert-OH is 1. The zero-order valence-corrected chi connectivity index (χ0v) is 14.1. The number of aromatic nitrogens is 3. The summed E-state index contributed by atoms with van der Waals surface area (Å²) in [6.07, 6.45) is 4.67. The van der Waals surface area contributed by atoms with E-state index in [0.717, 1.165) is 36.9 Å². The van der Waals surface area contributed by atoms with Crippen LogP contribution in [0.4, 0.5) is 0 Å². The topological polar surface area (TPSA) is 97.0 Å². The molecule has 0 spiro atoms. The smallest absolute Gasteiger partial charge is 0.335 e. The highest BCUT2D eigenvalue weighted by atomic mass is 16.5. The van der Waals surface area contributed by atoms with Crippen LogP contribution in [0.2, 0.25) is 0 Å². The molecule has 0 aliphatic heterocycles. The maximum absolute atomic E-state index is 11.0. The fourth-order valence-corrected chi connectivity index (χ4v) is 3.23. The minimum absolute atomic E-state index is 0.0603. The molecule has 1 aliphatic carbocycles. The van der Waals surface area contributed by atoms with Gasteiger partial charge in [0.25, 0.3) is 0 Å². The third-order valence-corrected chi connectivity index (χ3v) is 4.70. The first kappa shape index (κ1) is 16.5. The van der Waals surface area contributed by atoms with Crippen LogP contribution < -0.4 is 4.74 Å². The van der Waals surface area contributed by atoms with E-state index in [1.807, 2.05) is 6.07 Å². The van der Waals surface area contributed by atoms with Crippen molar-refractivity contribution >= 4 is 11.6 Å². The first-order chi connectivity index (χ1) is 12.6. The second-order valence-corrected chi connectivity index (χ2v) is 6.52. The fourth-order valence-electron chi connectivity index (χ4n) is 3.23. The number of nitrogens with zero attached hydrogens (tertiary/aromatic N) is 3. The lowest BCUT2D eigenvalue weighted by Crippen LogP contribution is -2.26. The van der Waals surface area contributed by atoms with Crippen molar-refractivity contribution < 1.29 is 19.7 Å². The molecule has 0 amide bonds. The van der Waals surface area contributed by atoms with E-state index in [1.54, 1.807) is 41.0 Å². The van der Waals surface area contributed by atoms with E-state index in [-0.39, 0.29) is 17.8 Å². The Bertz CT molecular complexity index is 928. The lowest BCUT2D eigenvalue weighted by molar-refractivity contribution is 0.0637. The molecule has 0 saturated heterocycles. The molecule has 3 aromatic rings. The number of aliphatic hydroxyl groups is 1. The number of rotatable bonds is 4. The number of carboxylic acids is 1. The average Bonchev–Trinajstić information content (AvgIpc) is 3.07. The van der Waals surface area contributed by atoms with E-state index >= 15 is 0 Å². The van der Waals surface area contributed by atoms with Crippen molar-refractivity contribution in [1.82, 2.24) is 14.6 Å². The standard InChI is InChI=1S/C19H19N3O4/c23-14-5-7-15(8-6-14)26-18-10-9-17-20-11-16(22(17)21-18)12-1-3-13(4-2-12)19(24)25/h1-4,9-11,14-15,23H,5-8H2,(H,24,25)/t14-,15-. The van der Waals surface area contributed by atoms with Gasteiger partial charge in [0.05, 0.1) is 23.6 Å². The molecule has 2 N–H and O–H groups in total. The fraction of sp³-hybridized carbons (Fsp3) is 0.316. The summed E-state index contributed by atoms with van der Waals surface area (Å²) in [5, 5.41) is 23.2. The highest BCUT2D eigenvalue weighted by Crippen LogP contribution is 2.25. The lowest BCUT2D eigenvalue weighted by atomic mass is 9.95. The first-order valence-electron chi connectivity index (χ1n) is 8.63. The van der Waals surface area contributed by atoms with Gasteiger partial charge in [-0.15, -0.1) is 5.10 Å².